The van der Waals surface area contributed by atoms with Crippen LogP contribution in [0.2, 0.25) is 0 Å². The van der Waals surface area contributed by atoms with Crippen LogP contribution in [-0.2, 0) is 11.3 Å². The van der Waals surface area contributed by atoms with Crippen LogP contribution in [0.25, 0.3) is 0 Å². The Morgan fingerprint density at radius 2 is 1.75 bits per heavy atom. The maximum Gasteiger partial charge on any atom is 0.191 e. The quantitative estimate of drug-likeness (QED) is 0.365. The van der Waals surface area contributed by atoms with Gasteiger partial charge in [0.2, 0.25) is 0 Å². The molecule has 1 heterocycles. The summed E-state index contributed by atoms with van der Waals surface area (Å²) in [4.78, 5) is 6.70. The molecule has 1 aliphatic heterocycles. The monoisotopic (exact) mass is 498 g/mol. The Hall–Kier alpha value is -1.71. The molecule has 5 nitrogen and oxygen atoms in total. The maximum atomic E-state index is 13.8. The summed E-state index contributed by atoms with van der Waals surface area (Å²) in [6.07, 6.45) is 0. The average Bonchev–Trinajstić information content (AvgIpc) is 2.73. The topological polar surface area (TPSA) is 48.9 Å². The Bertz CT molecular complexity index is 738. The summed E-state index contributed by atoms with van der Waals surface area (Å²) in [5.74, 6) is 0.448. The first-order chi connectivity index (χ1) is 13.3. The number of aliphatic imine (C=N–C) groups is 1. The number of nitrogens with zero attached hydrogens (tertiary/aromatic N) is 2. The molecule has 2 N–H and O–H groups in total. The van der Waals surface area contributed by atoms with E-state index in [0.29, 0.717) is 24.6 Å². The lowest BCUT2D eigenvalue weighted by Crippen LogP contribution is -2.46. The molecule has 1 unspecified atom stereocenters. The highest BCUT2D eigenvalue weighted by Gasteiger charge is 2.22. The van der Waals surface area contributed by atoms with Gasteiger partial charge in [-0.1, -0.05) is 48.5 Å². The zero-order chi connectivity index (χ0) is 18.9. The number of halogens is 2. The molecule has 3 rings (SSSR count). The molecule has 0 amide bonds. The number of nitrogens with one attached hydrogen (secondary N) is 2. The molecule has 0 spiro atoms. The molecule has 0 bridgehead atoms. The van der Waals surface area contributed by atoms with Crippen molar-refractivity contribution in [1.29, 1.82) is 0 Å². The average molecular weight is 498 g/mol. The molecule has 2 aromatic carbocycles. The minimum Gasteiger partial charge on any atom is -0.379 e. The number of benzene rings is 2. The molecule has 152 valence electrons. The highest BCUT2D eigenvalue weighted by molar-refractivity contribution is 14.0. The smallest absolute Gasteiger partial charge is 0.191 e. The number of morpholine rings is 1. The Labute approximate surface area is 183 Å². The largest absolute Gasteiger partial charge is 0.379 e. The van der Waals surface area contributed by atoms with E-state index in [9.17, 15) is 4.39 Å². The molecule has 0 aliphatic carbocycles. The van der Waals surface area contributed by atoms with E-state index in [-0.39, 0.29) is 35.8 Å². The molecule has 0 saturated carbocycles. The van der Waals surface area contributed by atoms with E-state index in [4.69, 9.17) is 4.74 Å². The van der Waals surface area contributed by atoms with Crippen LogP contribution in [0.3, 0.4) is 0 Å². The van der Waals surface area contributed by atoms with Crippen molar-refractivity contribution in [2.24, 2.45) is 4.99 Å². The summed E-state index contributed by atoms with van der Waals surface area (Å²) in [6.45, 7) is 4.42. The van der Waals surface area contributed by atoms with Crippen molar-refractivity contribution in [1.82, 2.24) is 15.5 Å². The normalized spacial score (nSPS) is 16.1. The predicted molar refractivity (Wildman–Crippen MR) is 122 cm³/mol. The van der Waals surface area contributed by atoms with Gasteiger partial charge in [0.05, 0.1) is 19.3 Å². The maximum absolute atomic E-state index is 13.8. The van der Waals surface area contributed by atoms with Crippen LogP contribution in [0, 0.1) is 5.82 Å². The lowest BCUT2D eigenvalue weighted by atomic mass is 10.0. The molecule has 1 fully saturated rings. The lowest BCUT2D eigenvalue weighted by molar-refractivity contribution is 0.0170. The van der Waals surface area contributed by atoms with Gasteiger partial charge in [0.25, 0.3) is 0 Å². The van der Waals surface area contributed by atoms with Crippen LogP contribution in [0.1, 0.15) is 17.2 Å². The fourth-order valence-corrected chi connectivity index (χ4v) is 3.26. The Morgan fingerprint density at radius 1 is 1.07 bits per heavy atom. The number of guanidine groups is 1. The number of hydrogen-bond donors (Lipinski definition) is 2. The molecule has 1 aliphatic rings. The summed E-state index contributed by atoms with van der Waals surface area (Å²) >= 11 is 0. The number of hydrogen-bond acceptors (Lipinski definition) is 3. The van der Waals surface area contributed by atoms with E-state index < -0.39 is 0 Å². The van der Waals surface area contributed by atoms with E-state index in [1.54, 1.807) is 19.2 Å². The van der Waals surface area contributed by atoms with Crippen LogP contribution in [0.4, 0.5) is 4.39 Å². The zero-order valence-corrected chi connectivity index (χ0v) is 18.4. The Morgan fingerprint density at radius 3 is 2.43 bits per heavy atom. The van der Waals surface area contributed by atoms with E-state index >= 15 is 0 Å². The van der Waals surface area contributed by atoms with Crippen molar-refractivity contribution < 1.29 is 9.13 Å². The van der Waals surface area contributed by atoms with Gasteiger partial charge in [0.15, 0.2) is 5.96 Å². The van der Waals surface area contributed by atoms with E-state index in [0.717, 1.165) is 26.3 Å². The molecular formula is C21H28FIN4O. The highest BCUT2D eigenvalue weighted by atomic mass is 127. The first-order valence-corrected chi connectivity index (χ1v) is 9.32. The lowest BCUT2D eigenvalue weighted by Gasteiger charge is -2.35. The SMILES string of the molecule is CN=C(NCc1ccccc1F)NCC(c1ccccc1)N1CCOCC1.I. The molecule has 28 heavy (non-hydrogen) atoms. The van der Waals surface area contributed by atoms with Gasteiger partial charge in [-0.2, -0.15) is 0 Å². The fraction of sp³-hybridized carbons (Fsp3) is 0.381. The van der Waals surface area contributed by atoms with Gasteiger partial charge < -0.3 is 15.4 Å². The second kappa shape index (κ2) is 12.0. The van der Waals surface area contributed by atoms with Crippen molar-refractivity contribution in [2.45, 2.75) is 12.6 Å². The molecular weight excluding hydrogens is 470 g/mol. The minimum absolute atomic E-state index is 0. The summed E-state index contributed by atoms with van der Waals surface area (Å²) in [6, 6.07) is 17.5. The molecule has 0 aromatic heterocycles. The van der Waals surface area contributed by atoms with Crippen molar-refractivity contribution in [3.05, 3.63) is 71.5 Å². The van der Waals surface area contributed by atoms with Gasteiger partial charge in [-0.15, -0.1) is 24.0 Å². The molecule has 0 radical (unpaired) electrons. The standard InChI is InChI=1S/C21H27FN4O.HI/c1-23-21(24-15-18-9-5-6-10-19(18)22)25-16-20(17-7-3-2-4-8-17)26-11-13-27-14-12-26;/h2-10,20H,11-16H2,1H3,(H2,23,24,25);1H. The van der Waals surface area contributed by atoms with Gasteiger partial charge in [0.1, 0.15) is 5.82 Å². The molecule has 2 aromatic rings. The predicted octanol–water partition coefficient (Wildman–Crippen LogP) is 3.18. The highest BCUT2D eigenvalue weighted by Crippen LogP contribution is 2.21. The van der Waals surface area contributed by atoms with Gasteiger partial charge in [-0.3, -0.25) is 9.89 Å². The summed E-state index contributed by atoms with van der Waals surface area (Å²) in [5.41, 5.74) is 1.88. The summed E-state index contributed by atoms with van der Waals surface area (Å²) < 4.78 is 19.3. The first-order valence-electron chi connectivity index (χ1n) is 9.32. The van der Waals surface area contributed by atoms with Gasteiger partial charge in [-0.25, -0.2) is 4.39 Å². The third-order valence-electron chi connectivity index (χ3n) is 4.76. The van der Waals surface area contributed by atoms with Gasteiger partial charge in [0, 0.05) is 38.8 Å². The van der Waals surface area contributed by atoms with Crippen LogP contribution >= 0.6 is 24.0 Å². The first kappa shape index (κ1) is 22.6. The second-order valence-electron chi connectivity index (χ2n) is 6.47. The van der Waals surface area contributed by atoms with E-state index in [1.807, 2.05) is 12.1 Å². The van der Waals surface area contributed by atoms with Gasteiger partial charge in [-0.05, 0) is 11.6 Å². The van der Waals surface area contributed by atoms with Crippen molar-refractivity contribution in [3.8, 4) is 0 Å². The zero-order valence-electron chi connectivity index (χ0n) is 16.1. The summed E-state index contributed by atoms with van der Waals surface area (Å²) in [7, 11) is 1.73. The van der Waals surface area contributed by atoms with Crippen LogP contribution in [0.5, 0.6) is 0 Å². The number of ether oxygens (including phenoxy) is 1. The van der Waals surface area contributed by atoms with Crippen LogP contribution in [0.15, 0.2) is 59.6 Å². The molecule has 1 atom stereocenters. The Kier molecular flexibility index (Phi) is 9.66. The van der Waals surface area contributed by atoms with E-state index in [1.165, 1.54) is 11.6 Å². The third-order valence-corrected chi connectivity index (χ3v) is 4.76. The summed E-state index contributed by atoms with van der Waals surface area (Å²) in [5, 5.41) is 6.58. The van der Waals surface area contributed by atoms with Crippen molar-refractivity contribution in [2.75, 3.05) is 39.9 Å². The van der Waals surface area contributed by atoms with Crippen molar-refractivity contribution in [3.63, 3.8) is 0 Å². The molecule has 7 heteroatoms. The third kappa shape index (κ3) is 6.42. The van der Waals surface area contributed by atoms with Crippen LogP contribution in [-0.4, -0.2) is 50.8 Å². The van der Waals surface area contributed by atoms with Crippen LogP contribution < -0.4 is 10.6 Å². The molecule has 1 saturated heterocycles. The minimum atomic E-state index is -0.212. The van der Waals surface area contributed by atoms with Crippen molar-refractivity contribution >= 4 is 29.9 Å². The van der Waals surface area contributed by atoms with Gasteiger partial charge >= 0.3 is 0 Å². The second-order valence-corrected chi connectivity index (χ2v) is 6.47. The number of rotatable bonds is 6. The van der Waals surface area contributed by atoms with E-state index in [2.05, 4.69) is 44.8 Å². The fourth-order valence-electron chi connectivity index (χ4n) is 3.26. The Balaban J connectivity index is 0.00000280.